The highest BCUT2D eigenvalue weighted by Crippen LogP contribution is 2.25. The van der Waals surface area contributed by atoms with Gasteiger partial charge in [0.05, 0.1) is 12.8 Å². The summed E-state index contributed by atoms with van der Waals surface area (Å²) < 4.78 is 4.52. The average molecular weight is 311 g/mol. The van der Waals surface area contributed by atoms with Crippen LogP contribution < -0.4 is 5.32 Å². The molecule has 2 rings (SSSR count). The minimum absolute atomic E-state index is 0.0975. The van der Waals surface area contributed by atoms with E-state index in [9.17, 15) is 24.3 Å². The van der Waals surface area contributed by atoms with Gasteiger partial charge >= 0.3 is 5.97 Å². The van der Waals surface area contributed by atoms with Gasteiger partial charge in [-0.25, -0.2) is 0 Å². The molecule has 9 nitrogen and oxygen atoms in total. The molecule has 0 radical (unpaired) electrons. The number of nitrogens with one attached hydrogen (secondary N) is 1. The van der Waals surface area contributed by atoms with Crippen LogP contribution in [-0.2, 0) is 23.9 Å². The Bertz CT molecular complexity index is 558. The number of nitrogens with zero attached hydrogens (tertiary/aromatic N) is 2. The van der Waals surface area contributed by atoms with Crippen molar-refractivity contribution in [1.29, 1.82) is 0 Å². The van der Waals surface area contributed by atoms with Crippen LogP contribution in [0.5, 0.6) is 0 Å². The van der Waals surface area contributed by atoms with Crippen molar-refractivity contribution in [3.63, 3.8) is 0 Å². The Morgan fingerprint density at radius 3 is 2.77 bits per heavy atom. The van der Waals surface area contributed by atoms with Gasteiger partial charge in [-0.15, -0.1) is 0 Å². The number of hydrogen-bond donors (Lipinski definition) is 2. The second-order valence-electron chi connectivity index (χ2n) is 5.09. The molecule has 0 spiro atoms. The van der Waals surface area contributed by atoms with Gasteiger partial charge in [-0.1, -0.05) is 0 Å². The lowest BCUT2D eigenvalue weighted by atomic mass is 10.0. The van der Waals surface area contributed by atoms with E-state index >= 15 is 0 Å². The van der Waals surface area contributed by atoms with Gasteiger partial charge in [0, 0.05) is 19.5 Å². The Labute approximate surface area is 126 Å². The summed E-state index contributed by atoms with van der Waals surface area (Å²) in [6, 6.07) is -0.916. The fourth-order valence-corrected chi connectivity index (χ4v) is 2.47. The molecule has 2 atom stereocenters. The number of amides is 3. The van der Waals surface area contributed by atoms with Crippen molar-refractivity contribution in [2.45, 2.75) is 25.1 Å². The molecule has 1 saturated heterocycles. The number of imide groups is 1. The van der Waals surface area contributed by atoms with Gasteiger partial charge in [-0.3, -0.25) is 29.4 Å². The molecule has 0 aromatic rings. The highest BCUT2D eigenvalue weighted by Gasteiger charge is 2.43. The summed E-state index contributed by atoms with van der Waals surface area (Å²) in [5.74, 6) is -2.09. The van der Waals surface area contributed by atoms with Gasteiger partial charge in [0.15, 0.2) is 6.23 Å². The summed E-state index contributed by atoms with van der Waals surface area (Å²) in [6.07, 6.45) is 0.0541. The fraction of sp³-hybridized carbons (Fsp3) is 0.538. The Hall–Kier alpha value is -2.42. The smallest absolute Gasteiger partial charge is 0.325 e. The molecule has 0 aliphatic carbocycles. The topological polar surface area (TPSA) is 116 Å². The number of aliphatic hydroxyl groups is 1. The molecular weight excluding hydrogens is 294 g/mol. The molecule has 2 unspecified atom stereocenters. The van der Waals surface area contributed by atoms with Crippen molar-refractivity contribution in [1.82, 2.24) is 15.1 Å². The maximum atomic E-state index is 12.1. The summed E-state index contributed by atoms with van der Waals surface area (Å²) in [4.78, 5) is 48.7. The molecule has 1 fully saturated rings. The first-order valence-electron chi connectivity index (χ1n) is 6.68. The van der Waals surface area contributed by atoms with Crippen LogP contribution in [0.1, 0.15) is 12.8 Å². The molecule has 2 aliphatic heterocycles. The van der Waals surface area contributed by atoms with Gasteiger partial charge < -0.3 is 14.7 Å². The molecule has 2 N–H and O–H groups in total. The van der Waals surface area contributed by atoms with Crippen LogP contribution in [0.3, 0.4) is 0 Å². The molecule has 2 heterocycles. The van der Waals surface area contributed by atoms with Gasteiger partial charge in [0.25, 0.3) is 5.91 Å². The third-order valence-corrected chi connectivity index (χ3v) is 3.63. The number of carbonyl (C=O) groups is 4. The Morgan fingerprint density at radius 2 is 2.18 bits per heavy atom. The fourth-order valence-electron chi connectivity index (χ4n) is 2.47. The second-order valence-corrected chi connectivity index (χ2v) is 5.09. The van der Waals surface area contributed by atoms with Crippen LogP contribution in [0.25, 0.3) is 0 Å². The number of piperidine rings is 1. The summed E-state index contributed by atoms with van der Waals surface area (Å²) in [5, 5.41) is 12.4. The number of esters is 1. The van der Waals surface area contributed by atoms with E-state index in [-0.39, 0.29) is 25.1 Å². The van der Waals surface area contributed by atoms with E-state index in [0.29, 0.717) is 0 Å². The molecule has 0 bridgehead atoms. The zero-order valence-electron chi connectivity index (χ0n) is 12.2. The first kappa shape index (κ1) is 16.0. The van der Waals surface area contributed by atoms with Gasteiger partial charge in [0.2, 0.25) is 11.8 Å². The summed E-state index contributed by atoms with van der Waals surface area (Å²) >= 11 is 0. The molecule has 3 amide bonds. The lowest BCUT2D eigenvalue weighted by molar-refractivity contribution is -0.149. The lowest BCUT2D eigenvalue weighted by Gasteiger charge is -2.34. The van der Waals surface area contributed by atoms with Crippen molar-refractivity contribution in [2.24, 2.45) is 0 Å². The summed E-state index contributed by atoms with van der Waals surface area (Å²) in [6.45, 7) is -0.143. The first-order chi connectivity index (χ1) is 10.3. The van der Waals surface area contributed by atoms with Gasteiger partial charge in [0.1, 0.15) is 12.6 Å². The van der Waals surface area contributed by atoms with E-state index in [1.165, 1.54) is 19.1 Å². The number of methoxy groups -OCH3 is 1. The van der Waals surface area contributed by atoms with E-state index in [2.05, 4.69) is 10.1 Å². The minimum Gasteiger partial charge on any atom is -0.468 e. The highest BCUT2D eigenvalue weighted by molar-refractivity contribution is 6.03. The maximum Gasteiger partial charge on any atom is 0.325 e. The predicted octanol–water partition coefficient (Wildman–Crippen LogP) is -2.06. The highest BCUT2D eigenvalue weighted by atomic mass is 16.5. The molecule has 9 heteroatoms. The van der Waals surface area contributed by atoms with E-state index in [0.717, 1.165) is 11.0 Å². The molecule has 120 valence electrons. The van der Waals surface area contributed by atoms with Crippen LogP contribution in [-0.4, -0.2) is 71.6 Å². The van der Waals surface area contributed by atoms with Gasteiger partial charge in [-0.2, -0.15) is 0 Å². The monoisotopic (exact) mass is 311 g/mol. The SMILES string of the molecule is COC(=O)CN(C)C1=CC(=O)N(C2CCC(=O)NC2=O)C1O. The molecule has 0 aromatic heterocycles. The minimum atomic E-state index is -1.36. The average Bonchev–Trinajstić information content (AvgIpc) is 2.75. The van der Waals surface area contributed by atoms with Crippen LogP contribution in [0.4, 0.5) is 0 Å². The number of carbonyl (C=O) groups excluding carboxylic acids is 4. The lowest BCUT2D eigenvalue weighted by Crippen LogP contribution is -2.56. The van der Waals surface area contributed by atoms with Crippen molar-refractivity contribution in [3.05, 3.63) is 11.8 Å². The zero-order chi connectivity index (χ0) is 16.4. The van der Waals surface area contributed by atoms with E-state index in [4.69, 9.17) is 0 Å². The van der Waals surface area contributed by atoms with Crippen molar-refractivity contribution in [3.8, 4) is 0 Å². The summed E-state index contributed by atoms with van der Waals surface area (Å²) in [5.41, 5.74) is 0.195. The number of rotatable bonds is 4. The number of hydrogen-bond acceptors (Lipinski definition) is 7. The van der Waals surface area contributed by atoms with Crippen molar-refractivity contribution in [2.75, 3.05) is 20.7 Å². The van der Waals surface area contributed by atoms with Crippen molar-refractivity contribution < 1.29 is 29.0 Å². The standard InChI is InChI=1S/C13H17N3O6/c1-15(6-11(19)22-2)8-5-10(18)16(13(8)21)7-3-4-9(17)14-12(7)20/h5,7,13,21H,3-4,6H2,1-2H3,(H,14,17,20). The van der Waals surface area contributed by atoms with Gasteiger partial charge in [-0.05, 0) is 6.42 Å². The Balaban J connectivity index is 2.11. The first-order valence-corrected chi connectivity index (χ1v) is 6.68. The predicted molar refractivity (Wildman–Crippen MR) is 71.8 cm³/mol. The number of aliphatic hydroxyl groups excluding tert-OH is 1. The summed E-state index contributed by atoms with van der Waals surface area (Å²) in [7, 11) is 2.75. The largest absolute Gasteiger partial charge is 0.468 e. The van der Waals surface area contributed by atoms with Crippen molar-refractivity contribution >= 4 is 23.7 Å². The molecule has 0 aromatic carbocycles. The van der Waals surface area contributed by atoms with E-state index in [1.807, 2.05) is 0 Å². The Morgan fingerprint density at radius 1 is 1.50 bits per heavy atom. The zero-order valence-corrected chi connectivity index (χ0v) is 12.2. The molecule has 22 heavy (non-hydrogen) atoms. The third kappa shape index (κ3) is 2.93. The van der Waals surface area contributed by atoms with Crippen LogP contribution >= 0.6 is 0 Å². The number of ether oxygens (including phenoxy) is 1. The Kier molecular flexibility index (Phi) is 4.45. The van der Waals surface area contributed by atoms with Crippen LogP contribution in [0.15, 0.2) is 11.8 Å². The van der Waals surface area contributed by atoms with E-state index < -0.39 is 36.0 Å². The van der Waals surface area contributed by atoms with E-state index in [1.54, 1.807) is 0 Å². The quantitative estimate of drug-likeness (QED) is 0.453. The normalized spacial score (nSPS) is 25.0. The molecule has 0 saturated carbocycles. The maximum absolute atomic E-state index is 12.1. The molecule has 2 aliphatic rings. The van der Waals surface area contributed by atoms with Crippen LogP contribution in [0, 0.1) is 0 Å². The third-order valence-electron chi connectivity index (χ3n) is 3.63. The van der Waals surface area contributed by atoms with Crippen LogP contribution in [0.2, 0.25) is 0 Å². The molecular formula is C13H17N3O6. The second kappa shape index (κ2) is 6.14. The number of likely N-dealkylation sites (N-methyl/N-ethyl adjacent to an activating group) is 1.